The molecule has 0 saturated carbocycles. The van der Waals surface area contributed by atoms with E-state index < -0.39 is 0 Å². The van der Waals surface area contributed by atoms with Crippen molar-refractivity contribution in [2.24, 2.45) is 5.73 Å². The molecule has 17 heavy (non-hydrogen) atoms. The molecule has 0 spiro atoms. The maximum absolute atomic E-state index is 5.96. The van der Waals surface area contributed by atoms with Gasteiger partial charge in [0.25, 0.3) is 0 Å². The van der Waals surface area contributed by atoms with Gasteiger partial charge in [0.1, 0.15) is 0 Å². The van der Waals surface area contributed by atoms with Crippen LogP contribution >= 0.6 is 11.3 Å². The molecule has 0 radical (unpaired) electrons. The fourth-order valence-electron chi connectivity index (χ4n) is 2.25. The van der Waals surface area contributed by atoms with Crippen LogP contribution in [-0.2, 0) is 0 Å². The molecule has 0 aliphatic carbocycles. The molecule has 1 atom stereocenters. The van der Waals surface area contributed by atoms with Crippen LogP contribution in [0.4, 0.5) is 0 Å². The summed E-state index contributed by atoms with van der Waals surface area (Å²) < 4.78 is 0. The van der Waals surface area contributed by atoms with E-state index in [1.165, 1.54) is 26.4 Å². The summed E-state index contributed by atoms with van der Waals surface area (Å²) in [5, 5.41) is 0. The van der Waals surface area contributed by atoms with Crippen molar-refractivity contribution in [3.8, 4) is 0 Å². The number of benzene rings is 1. The Morgan fingerprint density at radius 2 is 1.88 bits per heavy atom. The van der Waals surface area contributed by atoms with Gasteiger partial charge in [-0.3, -0.25) is 0 Å². The summed E-state index contributed by atoms with van der Waals surface area (Å²) in [4.78, 5) is 2.72. The second-order valence-corrected chi connectivity index (χ2v) is 5.92. The van der Waals surface area contributed by atoms with Gasteiger partial charge in [0, 0.05) is 22.2 Å². The molecular weight excluding hydrogens is 226 g/mol. The van der Waals surface area contributed by atoms with Crippen LogP contribution in [0.5, 0.6) is 0 Å². The van der Waals surface area contributed by atoms with Crippen LogP contribution in [0.3, 0.4) is 0 Å². The van der Waals surface area contributed by atoms with Crippen molar-refractivity contribution >= 4 is 11.3 Å². The molecule has 2 heteroatoms. The van der Waals surface area contributed by atoms with Crippen molar-refractivity contribution in [1.82, 2.24) is 0 Å². The number of hydrogen-bond acceptors (Lipinski definition) is 2. The third-order valence-corrected chi connectivity index (χ3v) is 4.26. The molecule has 0 aliphatic heterocycles. The highest BCUT2D eigenvalue weighted by atomic mass is 32.1. The third kappa shape index (κ3) is 2.59. The largest absolute Gasteiger partial charge is 0.329 e. The van der Waals surface area contributed by atoms with Gasteiger partial charge in [-0.15, -0.1) is 11.3 Å². The van der Waals surface area contributed by atoms with Crippen molar-refractivity contribution < 1.29 is 0 Å². The van der Waals surface area contributed by atoms with E-state index in [1.54, 1.807) is 0 Å². The van der Waals surface area contributed by atoms with Crippen molar-refractivity contribution in [3.63, 3.8) is 0 Å². The summed E-state index contributed by atoms with van der Waals surface area (Å²) in [6.07, 6.45) is 0. The first kappa shape index (κ1) is 12.3. The summed E-state index contributed by atoms with van der Waals surface area (Å²) in [7, 11) is 0. The lowest BCUT2D eigenvalue weighted by Crippen LogP contribution is -2.13. The highest BCUT2D eigenvalue weighted by Gasteiger charge is 2.16. The molecule has 0 amide bonds. The Morgan fingerprint density at radius 3 is 2.41 bits per heavy atom. The van der Waals surface area contributed by atoms with Gasteiger partial charge in [-0.05, 0) is 44.0 Å². The van der Waals surface area contributed by atoms with Crippen LogP contribution < -0.4 is 5.73 Å². The molecule has 1 aromatic heterocycles. The van der Waals surface area contributed by atoms with Crippen molar-refractivity contribution in [1.29, 1.82) is 0 Å². The van der Waals surface area contributed by atoms with Gasteiger partial charge < -0.3 is 5.73 Å². The molecule has 0 fully saturated rings. The van der Waals surface area contributed by atoms with Crippen LogP contribution in [0, 0.1) is 20.8 Å². The van der Waals surface area contributed by atoms with Crippen molar-refractivity contribution in [2.45, 2.75) is 26.7 Å². The Morgan fingerprint density at radius 1 is 1.12 bits per heavy atom. The van der Waals surface area contributed by atoms with E-state index in [1.807, 2.05) is 11.3 Å². The van der Waals surface area contributed by atoms with E-state index in [4.69, 9.17) is 5.73 Å². The average Bonchev–Trinajstić information content (AvgIpc) is 2.69. The standard InChI is InChI=1S/C15H19NS/c1-10-4-6-13(11(2)8-10)14(9-16)15-7-5-12(3)17-15/h4-8,14H,9,16H2,1-3H3. The van der Waals surface area contributed by atoms with E-state index in [0.29, 0.717) is 12.5 Å². The van der Waals surface area contributed by atoms with Gasteiger partial charge in [-0.2, -0.15) is 0 Å². The lowest BCUT2D eigenvalue weighted by Gasteiger charge is -2.16. The molecule has 90 valence electrons. The predicted molar refractivity (Wildman–Crippen MR) is 75.9 cm³/mol. The third-order valence-electron chi connectivity index (χ3n) is 3.14. The van der Waals surface area contributed by atoms with E-state index >= 15 is 0 Å². The molecule has 1 unspecified atom stereocenters. The first-order valence-corrected chi connectivity index (χ1v) is 6.77. The van der Waals surface area contributed by atoms with E-state index in [-0.39, 0.29) is 0 Å². The van der Waals surface area contributed by atoms with Gasteiger partial charge in [-0.1, -0.05) is 23.8 Å². The predicted octanol–water partition coefficient (Wildman–Crippen LogP) is 3.76. The summed E-state index contributed by atoms with van der Waals surface area (Å²) >= 11 is 1.85. The van der Waals surface area contributed by atoms with Crippen LogP contribution in [0.15, 0.2) is 30.3 Å². The minimum atomic E-state index is 0.342. The van der Waals surface area contributed by atoms with Gasteiger partial charge in [0.2, 0.25) is 0 Å². The molecule has 1 heterocycles. The molecule has 2 N–H and O–H groups in total. The molecule has 2 aromatic rings. The van der Waals surface area contributed by atoms with Gasteiger partial charge in [0.15, 0.2) is 0 Å². The number of hydrogen-bond donors (Lipinski definition) is 1. The normalized spacial score (nSPS) is 12.7. The first-order chi connectivity index (χ1) is 8.11. The first-order valence-electron chi connectivity index (χ1n) is 5.95. The molecule has 0 bridgehead atoms. The Labute approximate surface area is 107 Å². The molecule has 1 nitrogen and oxygen atoms in total. The Bertz CT molecular complexity index is 513. The summed E-state index contributed by atoms with van der Waals surface area (Å²) in [6.45, 7) is 7.11. The number of thiophene rings is 1. The van der Waals surface area contributed by atoms with Crippen molar-refractivity contribution in [2.75, 3.05) is 6.54 Å². The zero-order valence-corrected chi connectivity index (χ0v) is 11.5. The van der Waals surface area contributed by atoms with Gasteiger partial charge in [-0.25, -0.2) is 0 Å². The maximum atomic E-state index is 5.96. The highest BCUT2D eigenvalue weighted by molar-refractivity contribution is 7.12. The average molecular weight is 245 g/mol. The lowest BCUT2D eigenvalue weighted by molar-refractivity contribution is 0.827. The molecule has 0 saturated heterocycles. The Kier molecular flexibility index (Phi) is 3.65. The second kappa shape index (κ2) is 5.03. The van der Waals surface area contributed by atoms with Gasteiger partial charge in [0.05, 0.1) is 0 Å². The zero-order valence-electron chi connectivity index (χ0n) is 10.7. The van der Waals surface area contributed by atoms with E-state index in [2.05, 4.69) is 51.1 Å². The second-order valence-electron chi connectivity index (χ2n) is 4.60. The Hall–Kier alpha value is -1.12. The molecule has 0 aliphatic rings. The van der Waals surface area contributed by atoms with Gasteiger partial charge >= 0.3 is 0 Å². The maximum Gasteiger partial charge on any atom is 0.0309 e. The SMILES string of the molecule is Cc1ccc(C(CN)c2ccc(C)s2)c(C)c1. The summed E-state index contributed by atoms with van der Waals surface area (Å²) in [5.41, 5.74) is 9.97. The fourth-order valence-corrected chi connectivity index (χ4v) is 3.26. The molecular formula is C15H19NS. The number of nitrogens with two attached hydrogens (primary N) is 1. The minimum absolute atomic E-state index is 0.342. The minimum Gasteiger partial charge on any atom is -0.329 e. The summed E-state index contributed by atoms with van der Waals surface area (Å²) in [6, 6.07) is 11.0. The van der Waals surface area contributed by atoms with Crippen LogP contribution in [-0.4, -0.2) is 6.54 Å². The fraction of sp³-hybridized carbons (Fsp3) is 0.333. The van der Waals surface area contributed by atoms with Crippen LogP contribution in [0.1, 0.15) is 32.4 Å². The lowest BCUT2D eigenvalue weighted by atomic mass is 9.92. The smallest absolute Gasteiger partial charge is 0.0309 e. The summed E-state index contributed by atoms with van der Waals surface area (Å²) in [5.74, 6) is 0.342. The number of rotatable bonds is 3. The number of aryl methyl sites for hydroxylation is 3. The van der Waals surface area contributed by atoms with E-state index in [0.717, 1.165) is 0 Å². The van der Waals surface area contributed by atoms with Crippen LogP contribution in [0.2, 0.25) is 0 Å². The molecule has 1 aromatic carbocycles. The van der Waals surface area contributed by atoms with E-state index in [9.17, 15) is 0 Å². The quantitative estimate of drug-likeness (QED) is 0.875. The monoisotopic (exact) mass is 245 g/mol. The topological polar surface area (TPSA) is 26.0 Å². The molecule has 2 rings (SSSR count). The van der Waals surface area contributed by atoms with Crippen LogP contribution in [0.25, 0.3) is 0 Å². The zero-order chi connectivity index (χ0) is 12.4. The van der Waals surface area contributed by atoms with Crippen molar-refractivity contribution in [3.05, 3.63) is 56.8 Å². The Balaban J connectivity index is 2.42. The highest BCUT2D eigenvalue weighted by Crippen LogP contribution is 2.31.